The molecule has 1 aromatic rings. The summed E-state index contributed by atoms with van der Waals surface area (Å²) >= 11 is 0. The van der Waals surface area contributed by atoms with E-state index in [1.165, 1.54) is 0 Å². The maximum Gasteiger partial charge on any atom is 0.356 e. The van der Waals surface area contributed by atoms with Crippen LogP contribution >= 0.6 is 0 Å². The minimum absolute atomic E-state index is 0.0302. The van der Waals surface area contributed by atoms with Gasteiger partial charge in [-0.25, -0.2) is 9.59 Å². The maximum atomic E-state index is 10.7. The average Bonchev–Trinajstić information content (AvgIpc) is 2.24. The second-order valence-corrected chi connectivity index (χ2v) is 4.95. The Morgan fingerprint density at radius 3 is 1.83 bits per heavy atom. The molecular formula is C13H16O5. The van der Waals surface area contributed by atoms with Crippen LogP contribution < -0.4 is 4.74 Å². The zero-order chi connectivity index (χ0) is 13.9. The highest BCUT2D eigenvalue weighted by Gasteiger charge is 2.28. The van der Waals surface area contributed by atoms with Crippen LogP contribution in [0.1, 0.15) is 26.3 Å². The fourth-order valence-corrected chi connectivity index (χ4v) is 1.38. The van der Waals surface area contributed by atoms with Crippen LogP contribution in [0, 0.1) is 0 Å². The van der Waals surface area contributed by atoms with Crippen molar-refractivity contribution in [1.82, 2.24) is 0 Å². The monoisotopic (exact) mass is 252 g/mol. The second kappa shape index (κ2) is 5.08. The van der Waals surface area contributed by atoms with E-state index in [1.807, 2.05) is 20.8 Å². The number of rotatable bonds is 4. The Kier molecular flexibility index (Phi) is 3.96. The Hall–Kier alpha value is -2.04. The van der Waals surface area contributed by atoms with Gasteiger partial charge in [0.15, 0.2) is 0 Å². The largest absolute Gasteiger partial charge is 0.478 e. The molecule has 0 radical (unpaired) electrons. The molecule has 0 unspecified atom stereocenters. The Bertz CT molecular complexity index is 427. The first-order valence-electron chi connectivity index (χ1n) is 5.44. The lowest BCUT2D eigenvalue weighted by molar-refractivity contribution is -0.159. The van der Waals surface area contributed by atoms with Crippen LogP contribution in [0.5, 0.6) is 5.75 Å². The van der Waals surface area contributed by atoms with Crippen molar-refractivity contribution in [2.75, 3.05) is 0 Å². The second-order valence-electron chi connectivity index (χ2n) is 4.95. The van der Waals surface area contributed by atoms with Gasteiger partial charge in [0.1, 0.15) is 5.75 Å². The highest BCUT2D eigenvalue weighted by atomic mass is 16.5. The van der Waals surface area contributed by atoms with E-state index in [9.17, 15) is 9.59 Å². The smallest absolute Gasteiger partial charge is 0.356 e. The molecule has 0 spiro atoms. The van der Waals surface area contributed by atoms with Gasteiger partial charge in [0.25, 0.3) is 6.10 Å². The van der Waals surface area contributed by atoms with E-state index in [2.05, 4.69) is 0 Å². The molecule has 0 aromatic heterocycles. The van der Waals surface area contributed by atoms with Gasteiger partial charge in [0, 0.05) is 0 Å². The third kappa shape index (κ3) is 3.48. The first-order valence-corrected chi connectivity index (χ1v) is 5.44. The summed E-state index contributed by atoms with van der Waals surface area (Å²) in [6, 6.07) is 6.71. The van der Waals surface area contributed by atoms with Crippen LogP contribution in [0.2, 0.25) is 0 Å². The molecule has 0 bridgehead atoms. The van der Waals surface area contributed by atoms with Crippen LogP contribution in [0.25, 0.3) is 0 Å². The quantitative estimate of drug-likeness (QED) is 0.799. The normalized spacial score (nSPS) is 11.3. The van der Waals surface area contributed by atoms with Crippen molar-refractivity contribution in [3.05, 3.63) is 29.8 Å². The lowest BCUT2D eigenvalue weighted by Gasteiger charge is -2.19. The van der Waals surface area contributed by atoms with Gasteiger partial charge < -0.3 is 14.9 Å². The first kappa shape index (κ1) is 14.0. The van der Waals surface area contributed by atoms with E-state index < -0.39 is 18.0 Å². The Morgan fingerprint density at radius 2 is 1.50 bits per heavy atom. The average molecular weight is 252 g/mol. The summed E-state index contributed by atoms with van der Waals surface area (Å²) in [5.74, 6) is -2.83. The molecule has 5 nitrogen and oxygen atoms in total. The number of hydrogen-bond acceptors (Lipinski definition) is 3. The molecule has 1 rings (SSSR count). The summed E-state index contributed by atoms with van der Waals surface area (Å²) in [7, 11) is 0. The Labute approximate surface area is 105 Å². The molecule has 18 heavy (non-hydrogen) atoms. The predicted molar refractivity (Wildman–Crippen MR) is 64.8 cm³/mol. The van der Waals surface area contributed by atoms with Gasteiger partial charge >= 0.3 is 11.9 Å². The van der Waals surface area contributed by atoms with Gasteiger partial charge in [0.2, 0.25) is 0 Å². The molecule has 5 heteroatoms. The zero-order valence-electron chi connectivity index (χ0n) is 10.5. The lowest BCUT2D eigenvalue weighted by Crippen LogP contribution is -2.35. The Morgan fingerprint density at radius 1 is 1.06 bits per heavy atom. The molecule has 2 N–H and O–H groups in total. The molecule has 0 amide bonds. The standard InChI is InChI=1S/C13H16O5/c1-13(2,3)8-4-6-9(7-5-8)18-10(11(14)15)12(16)17/h4-7,10H,1-3H3,(H,14,15)(H,16,17). The van der Waals surface area contributed by atoms with E-state index in [0.29, 0.717) is 0 Å². The van der Waals surface area contributed by atoms with Crippen molar-refractivity contribution in [3.63, 3.8) is 0 Å². The number of carboxylic acids is 2. The van der Waals surface area contributed by atoms with Crippen molar-refractivity contribution < 1.29 is 24.5 Å². The zero-order valence-corrected chi connectivity index (χ0v) is 10.5. The third-order valence-corrected chi connectivity index (χ3v) is 2.42. The van der Waals surface area contributed by atoms with Crippen LogP contribution in [-0.4, -0.2) is 28.3 Å². The van der Waals surface area contributed by atoms with Crippen molar-refractivity contribution in [1.29, 1.82) is 0 Å². The van der Waals surface area contributed by atoms with Gasteiger partial charge in [-0.15, -0.1) is 0 Å². The fourth-order valence-electron chi connectivity index (χ4n) is 1.38. The number of hydrogen-bond donors (Lipinski definition) is 2. The summed E-state index contributed by atoms with van der Waals surface area (Å²) in [5, 5.41) is 17.4. The molecule has 0 atom stereocenters. The number of carboxylic acid groups (broad SMARTS) is 2. The molecule has 0 saturated carbocycles. The highest BCUT2D eigenvalue weighted by molar-refractivity contribution is 5.96. The molecule has 0 fully saturated rings. The minimum Gasteiger partial charge on any atom is -0.478 e. The third-order valence-electron chi connectivity index (χ3n) is 2.42. The van der Waals surface area contributed by atoms with E-state index in [1.54, 1.807) is 24.3 Å². The van der Waals surface area contributed by atoms with Gasteiger partial charge in [-0.2, -0.15) is 0 Å². The number of carbonyl (C=O) groups is 2. The number of benzene rings is 1. The fraction of sp³-hybridized carbons (Fsp3) is 0.385. The van der Waals surface area contributed by atoms with Crippen LogP contribution in [0.3, 0.4) is 0 Å². The molecule has 98 valence electrons. The summed E-state index contributed by atoms with van der Waals surface area (Å²) < 4.78 is 4.91. The van der Waals surface area contributed by atoms with E-state index >= 15 is 0 Å². The molecule has 1 aromatic carbocycles. The Balaban J connectivity index is 2.86. The lowest BCUT2D eigenvalue weighted by atomic mass is 9.87. The maximum absolute atomic E-state index is 10.7. The van der Waals surface area contributed by atoms with Crippen LogP contribution in [0.4, 0.5) is 0 Å². The molecule has 0 heterocycles. The van der Waals surface area contributed by atoms with Gasteiger partial charge in [-0.1, -0.05) is 32.9 Å². The summed E-state index contributed by atoms with van der Waals surface area (Å²) in [6.07, 6.45) is -1.88. The van der Waals surface area contributed by atoms with Crippen molar-refractivity contribution in [3.8, 4) is 5.75 Å². The van der Waals surface area contributed by atoms with Crippen molar-refractivity contribution >= 4 is 11.9 Å². The summed E-state index contributed by atoms with van der Waals surface area (Å²) in [6.45, 7) is 6.13. The molecule has 0 aliphatic rings. The van der Waals surface area contributed by atoms with Gasteiger partial charge in [-0.3, -0.25) is 0 Å². The van der Waals surface area contributed by atoms with Crippen molar-refractivity contribution in [2.45, 2.75) is 32.3 Å². The first-order chi connectivity index (χ1) is 8.21. The van der Waals surface area contributed by atoms with E-state index in [4.69, 9.17) is 14.9 Å². The molecule has 0 aliphatic heterocycles. The van der Waals surface area contributed by atoms with E-state index in [-0.39, 0.29) is 11.2 Å². The van der Waals surface area contributed by atoms with Gasteiger partial charge in [-0.05, 0) is 23.1 Å². The number of ether oxygens (including phenoxy) is 1. The molecule has 0 aliphatic carbocycles. The van der Waals surface area contributed by atoms with Crippen LogP contribution in [0.15, 0.2) is 24.3 Å². The SMILES string of the molecule is CC(C)(C)c1ccc(OC(C(=O)O)C(=O)O)cc1. The number of aliphatic carboxylic acids is 2. The topological polar surface area (TPSA) is 83.8 Å². The minimum atomic E-state index is -1.88. The van der Waals surface area contributed by atoms with E-state index in [0.717, 1.165) is 5.56 Å². The summed E-state index contributed by atoms with van der Waals surface area (Å²) in [4.78, 5) is 21.3. The molecule has 0 saturated heterocycles. The van der Waals surface area contributed by atoms with Crippen molar-refractivity contribution in [2.24, 2.45) is 0 Å². The molecular weight excluding hydrogens is 236 g/mol. The van der Waals surface area contributed by atoms with Gasteiger partial charge in [0.05, 0.1) is 0 Å². The highest BCUT2D eigenvalue weighted by Crippen LogP contribution is 2.24. The van der Waals surface area contributed by atoms with Crippen LogP contribution in [-0.2, 0) is 15.0 Å². The predicted octanol–water partition coefficient (Wildman–Crippen LogP) is 1.90. The summed E-state index contributed by atoms with van der Waals surface area (Å²) in [5.41, 5.74) is 1.02.